The van der Waals surface area contributed by atoms with Gasteiger partial charge in [-0.1, -0.05) is 69.7 Å². The third kappa shape index (κ3) is 9.88. The lowest BCUT2D eigenvalue weighted by molar-refractivity contribution is 0.0725. The van der Waals surface area contributed by atoms with E-state index >= 15 is 0 Å². The van der Waals surface area contributed by atoms with Crippen molar-refractivity contribution in [2.24, 2.45) is 0 Å². The zero-order valence-corrected chi connectivity index (χ0v) is 27.7. The minimum absolute atomic E-state index is 0.317. The van der Waals surface area contributed by atoms with Crippen LogP contribution < -0.4 is 14.2 Å². The predicted molar refractivity (Wildman–Crippen MR) is 185 cm³/mol. The van der Waals surface area contributed by atoms with E-state index in [1.165, 1.54) is 37.7 Å². The molecule has 0 spiro atoms. The molecule has 0 fully saturated rings. The molecule has 0 N–H and O–H groups in total. The third-order valence-corrected chi connectivity index (χ3v) is 7.93. The first kappa shape index (κ1) is 34.1. The number of hydrogen-bond donors (Lipinski definition) is 0. The molecule has 1 heterocycles. The molecule has 0 radical (unpaired) electrons. The quantitative estimate of drug-likeness (QED) is 0.0559. The number of hydrogen-bond acceptors (Lipinski definition) is 8. The fourth-order valence-electron chi connectivity index (χ4n) is 5.10. The zero-order chi connectivity index (χ0) is 33.6. The Kier molecular flexibility index (Phi) is 12.5. The number of unbranched alkanes of at least 4 members (excludes halogenated alkanes) is 6. The van der Waals surface area contributed by atoms with Crippen LogP contribution in [0.4, 0.5) is 0 Å². The van der Waals surface area contributed by atoms with Gasteiger partial charge in [-0.2, -0.15) is 4.98 Å². The highest BCUT2D eigenvalue weighted by molar-refractivity contribution is 5.91. The summed E-state index contributed by atoms with van der Waals surface area (Å²) in [6.07, 6.45) is 10.4. The predicted octanol–water partition coefficient (Wildman–Crippen LogP) is 9.92. The van der Waals surface area contributed by atoms with E-state index in [1.807, 2.05) is 24.3 Å². The molecule has 0 saturated heterocycles. The van der Waals surface area contributed by atoms with Gasteiger partial charge in [0.2, 0.25) is 5.82 Å². The van der Waals surface area contributed by atoms with Gasteiger partial charge in [0, 0.05) is 11.1 Å². The second-order valence-corrected chi connectivity index (χ2v) is 11.7. The Morgan fingerprint density at radius 2 is 1.10 bits per heavy atom. The summed E-state index contributed by atoms with van der Waals surface area (Å²) in [5, 5.41) is 4.10. The van der Waals surface area contributed by atoms with E-state index in [4.69, 9.17) is 18.7 Å². The minimum atomic E-state index is -0.461. The van der Waals surface area contributed by atoms with Crippen molar-refractivity contribution in [3.05, 3.63) is 114 Å². The standard InChI is InChI=1S/C40H42N2O6/c1-3-5-7-9-11-29-12-14-32(15-13-29)39(43)46-35-24-16-30(17-25-35)37-41-38(48-42-37)31-18-26-36(27-19-31)47-40(44)33-20-22-34(23-21-33)45-28-10-8-6-4-2/h12-27H,3-11,28H2,1-2H3. The fourth-order valence-corrected chi connectivity index (χ4v) is 5.10. The van der Waals surface area contributed by atoms with Crippen LogP contribution in [0.1, 0.15) is 91.5 Å². The first-order chi connectivity index (χ1) is 23.5. The summed E-state index contributed by atoms with van der Waals surface area (Å²) >= 11 is 0. The lowest BCUT2D eigenvalue weighted by Crippen LogP contribution is -2.08. The Bertz CT molecular complexity index is 1730. The van der Waals surface area contributed by atoms with Gasteiger partial charge in [-0.3, -0.25) is 0 Å². The molecule has 248 valence electrons. The van der Waals surface area contributed by atoms with Crippen molar-refractivity contribution in [3.63, 3.8) is 0 Å². The SMILES string of the molecule is CCCCCCOc1ccc(C(=O)Oc2ccc(-c3nc(-c4ccc(OC(=O)c5ccc(CCCCCC)cc5)cc4)no3)cc2)cc1. The molecule has 0 aliphatic heterocycles. The van der Waals surface area contributed by atoms with Crippen molar-refractivity contribution >= 4 is 11.9 Å². The maximum absolute atomic E-state index is 12.7. The van der Waals surface area contributed by atoms with E-state index in [0.717, 1.165) is 31.4 Å². The van der Waals surface area contributed by atoms with Crippen molar-refractivity contribution < 1.29 is 28.3 Å². The molecule has 4 aromatic carbocycles. The number of benzene rings is 4. The van der Waals surface area contributed by atoms with Crippen molar-refractivity contribution in [2.75, 3.05) is 6.61 Å². The van der Waals surface area contributed by atoms with Crippen LogP contribution in [0.25, 0.3) is 22.8 Å². The van der Waals surface area contributed by atoms with Crippen LogP contribution in [0.3, 0.4) is 0 Å². The third-order valence-electron chi connectivity index (χ3n) is 7.93. The van der Waals surface area contributed by atoms with Gasteiger partial charge >= 0.3 is 11.9 Å². The highest BCUT2D eigenvalue weighted by atomic mass is 16.5. The smallest absolute Gasteiger partial charge is 0.343 e. The van der Waals surface area contributed by atoms with Crippen LogP contribution in [0.5, 0.6) is 17.2 Å². The van der Waals surface area contributed by atoms with Crippen LogP contribution >= 0.6 is 0 Å². The first-order valence-electron chi connectivity index (χ1n) is 16.8. The number of carbonyl (C=O) groups excluding carboxylic acids is 2. The largest absolute Gasteiger partial charge is 0.494 e. The average molecular weight is 647 g/mol. The molecule has 8 heteroatoms. The number of aromatic nitrogens is 2. The molecule has 0 aliphatic carbocycles. The van der Waals surface area contributed by atoms with E-state index < -0.39 is 11.9 Å². The fraction of sp³-hybridized carbons (Fsp3) is 0.300. The molecular formula is C40H42N2O6. The van der Waals surface area contributed by atoms with E-state index in [-0.39, 0.29) is 0 Å². The van der Waals surface area contributed by atoms with Crippen LogP contribution in [0.15, 0.2) is 102 Å². The van der Waals surface area contributed by atoms with E-state index in [9.17, 15) is 9.59 Å². The topological polar surface area (TPSA) is 101 Å². The molecule has 0 saturated carbocycles. The molecule has 0 amide bonds. The van der Waals surface area contributed by atoms with Crippen LogP contribution in [-0.2, 0) is 6.42 Å². The first-order valence-corrected chi connectivity index (χ1v) is 16.8. The maximum atomic E-state index is 12.7. The summed E-state index contributed by atoms with van der Waals surface area (Å²) in [4.78, 5) is 29.8. The lowest BCUT2D eigenvalue weighted by atomic mass is 10.0. The van der Waals surface area contributed by atoms with Crippen molar-refractivity contribution in [3.8, 4) is 40.1 Å². The second-order valence-electron chi connectivity index (χ2n) is 11.7. The summed E-state index contributed by atoms with van der Waals surface area (Å²) in [7, 11) is 0. The molecule has 0 aliphatic rings. The molecule has 48 heavy (non-hydrogen) atoms. The average Bonchev–Trinajstić information content (AvgIpc) is 3.62. The minimum Gasteiger partial charge on any atom is -0.494 e. The number of aryl methyl sites for hydroxylation is 1. The molecule has 0 bridgehead atoms. The van der Waals surface area contributed by atoms with Gasteiger partial charge < -0.3 is 18.7 Å². The molecule has 8 nitrogen and oxygen atoms in total. The van der Waals surface area contributed by atoms with Crippen LogP contribution in [0.2, 0.25) is 0 Å². The Balaban J connectivity index is 1.11. The Hall–Kier alpha value is -5.24. The van der Waals surface area contributed by atoms with Gasteiger partial charge in [0.1, 0.15) is 17.2 Å². The van der Waals surface area contributed by atoms with Crippen molar-refractivity contribution in [1.82, 2.24) is 10.1 Å². The van der Waals surface area contributed by atoms with Crippen molar-refractivity contribution in [1.29, 1.82) is 0 Å². The number of rotatable bonds is 17. The summed E-state index contributed by atoms with van der Waals surface area (Å²) in [6, 6.07) is 28.3. The summed E-state index contributed by atoms with van der Waals surface area (Å²) < 4.78 is 22.4. The van der Waals surface area contributed by atoms with Gasteiger partial charge in [0.25, 0.3) is 5.89 Å². The van der Waals surface area contributed by atoms with Crippen LogP contribution in [-0.4, -0.2) is 28.7 Å². The maximum Gasteiger partial charge on any atom is 0.343 e. The van der Waals surface area contributed by atoms with Gasteiger partial charge in [0.05, 0.1) is 17.7 Å². The van der Waals surface area contributed by atoms with Gasteiger partial charge in [0.15, 0.2) is 0 Å². The molecule has 5 rings (SSSR count). The summed E-state index contributed by atoms with van der Waals surface area (Å²) in [5.74, 6) is 1.38. The summed E-state index contributed by atoms with van der Waals surface area (Å²) in [5.41, 5.74) is 3.54. The van der Waals surface area contributed by atoms with Crippen molar-refractivity contribution in [2.45, 2.75) is 71.6 Å². The number of ether oxygens (including phenoxy) is 3. The molecule has 1 aromatic heterocycles. The monoisotopic (exact) mass is 646 g/mol. The molecule has 0 atom stereocenters. The summed E-state index contributed by atoms with van der Waals surface area (Å²) in [6.45, 7) is 5.04. The Labute approximate surface area is 282 Å². The van der Waals surface area contributed by atoms with Crippen LogP contribution in [0, 0.1) is 0 Å². The molecular weight excluding hydrogens is 604 g/mol. The lowest BCUT2D eigenvalue weighted by Gasteiger charge is -2.08. The zero-order valence-electron chi connectivity index (χ0n) is 27.7. The number of carbonyl (C=O) groups is 2. The Morgan fingerprint density at radius 3 is 1.69 bits per heavy atom. The number of esters is 2. The van der Waals surface area contributed by atoms with Gasteiger partial charge in [-0.25, -0.2) is 9.59 Å². The normalized spacial score (nSPS) is 10.9. The highest BCUT2D eigenvalue weighted by Gasteiger charge is 2.14. The molecule has 5 aromatic rings. The van der Waals surface area contributed by atoms with E-state index in [0.29, 0.717) is 52.1 Å². The highest BCUT2D eigenvalue weighted by Crippen LogP contribution is 2.26. The van der Waals surface area contributed by atoms with Gasteiger partial charge in [-0.05, 0) is 110 Å². The van der Waals surface area contributed by atoms with E-state index in [1.54, 1.807) is 72.8 Å². The van der Waals surface area contributed by atoms with E-state index in [2.05, 4.69) is 24.0 Å². The van der Waals surface area contributed by atoms with Gasteiger partial charge in [-0.15, -0.1) is 0 Å². The number of nitrogens with zero attached hydrogens (tertiary/aromatic N) is 2. The molecule has 0 unspecified atom stereocenters. The Morgan fingerprint density at radius 1 is 0.583 bits per heavy atom. The second kappa shape index (κ2) is 17.6.